The van der Waals surface area contributed by atoms with E-state index in [1.807, 2.05) is 54.6 Å². The van der Waals surface area contributed by atoms with Gasteiger partial charge in [0.1, 0.15) is 5.75 Å². The average molecular weight is 450 g/mol. The first-order valence-corrected chi connectivity index (χ1v) is 11.0. The van der Waals surface area contributed by atoms with Crippen molar-refractivity contribution < 1.29 is 14.3 Å². The zero-order chi connectivity index (χ0) is 22.9. The number of hydrogen-bond donors (Lipinski definition) is 2. The molecule has 166 valence electrons. The number of nitrogens with zero attached hydrogens (tertiary/aromatic N) is 1. The van der Waals surface area contributed by atoms with Crippen molar-refractivity contribution >= 4 is 35.0 Å². The minimum atomic E-state index is -0.494. The number of carbonyl (C=O) groups excluding carboxylic acids is 2. The molecule has 3 aromatic carbocycles. The van der Waals surface area contributed by atoms with Crippen LogP contribution in [0.5, 0.6) is 5.75 Å². The molecule has 0 saturated carbocycles. The Hall–Kier alpha value is -3.29. The van der Waals surface area contributed by atoms with E-state index in [2.05, 4.69) is 10.6 Å². The van der Waals surface area contributed by atoms with Crippen molar-refractivity contribution in [3.8, 4) is 5.75 Å². The first-order valence-electron chi connectivity index (χ1n) is 10.2. The van der Waals surface area contributed by atoms with Crippen LogP contribution in [0.3, 0.4) is 0 Å². The highest BCUT2D eigenvalue weighted by Gasteiger charge is 2.21. The van der Waals surface area contributed by atoms with Crippen molar-refractivity contribution in [2.45, 2.75) is 22.8 Å². The van der Waals surface area contributed by atoms with Gasteiger partial charge in [-0.05, 0) is 62.5 Å². The smallest absolute Gasteiger partial charge is 0.241 e. The van der Waals surface area contributed by atoms with Gasteiger partial charge < -0.3 is 15.4 Å². The molecule has 1 atom stereocenters. The van der Waals surface area contributed by atoms with Crippen LogP contribution in [0.4, 0.5) is 11.4 Å². The SMILES string of the molecule is COc1ccc(NC(=O)CN(C)C(C)C(=O)Nc2ccccc2Sc2ccccc2)cc1. The van der Waals surface area contributed by atoms with Crippen LogP contribution in [-0.2, 0) is 9.59 Å². The maximum atomic E-state index is 12.9. The molecule has 1 unspecified atom stereocenters. The minimum absolute atomic E-state index is 0.0844. The number of amides is 2. The van der Waals surface area contributed by atoms with Crippen LogP contribution in [0.1, 0.15) is 6.92 Å². The van der Waals surface area contributed by atoms with Gasteiger partial charge in [-0.25, -0.2) is 0 Å². The topological polar surface area (TPSA) is 70.7 Å². The van der Waals surface area contributed by atoms with E-state index < -0.39 is 6.04 Å². The second-order valence-corrected chi connectivity index (χ2v) is 8.38. The summed E-state index contributed by atoms with van der Waals surface area (Å²) in [5.74, 6) is 0.347. The van der Waals surface area contributed by atoms with Gasteiger partial charge >= 0.3 is 0 Å². The molecule has 3 rings (SSSR count). The molecule has 6 nitrogen and oxygen atoms in total. The lowest BCUT2D eigenvalue weighted by atomic mass is 10.2. The van der Waals surface area contributed by atoms with Crippen LogP contribution in [0.25, 0.3) is 0 Å². The number of nitrogens with one attached hydrogen (secondary N) is 2. The Bertz CT molecular complexity index is 1040. The molecule has 0 aliphatic heterocycles. The van der Waals surface area contributed by atoms with E-state index >= 15 is 0 Å². The van der Waals surface area contributed by atoms with Gasteiger partial charge in [0.25, 0.3) is 0 Å². The van der Waals surface area contributed by atoms with E-state index in [1.54, 1.807) is 62.0 Å². The maximum Gasteiger partial charge on any atom is 0.241 e. The molecule has 0 spiro atoms. The summed E-state index contributed by atoms with van der Waals surface area (Å²) in [6.45, 7) is 1.87. The second kappa shape index (κ2) is 11.4. The molecule has 0 aliphatic carbocycles. The number of methoxy groups -OCH3 is 1. The van der Waals surface area contributed by atoms with Crippen LogP contribution in [0, 0.1) is 0 Å². The fraction of sp³-hybridized carbons (Fsp3) is 0.200. The molecule has 7 heteroatoms. The summed E-state index contributed by atoms with van der Waals surface area (Å²) in [6, 6.07) is 24.3. The molecule has 0 aromatic heterocycles. The lowest BCUT2D eigenvalue weighted by Gasteiger charge is -2.24. The Morgan fingerprint density at radius 1 is 0.938 bits per heavy atom. The van der Waals surface area contributed by atoms with Crippen molar-refractivity contribution in [1.29, 1.82) is 0 Å². The molecular weight excluding hydrogens is 422 g/mol. The van der Waals surface area contributed by atoms with Gasteiger partial charge in [0.2, 0.25) is 11.8 Å². The van der Waals surface area contributed by atoms with Gasteiger partial charge in [-0.1, -0.05) is 42.1 Å². The molecule has 3 aromatic rings. The van der Waals surface area contributed by atoms with E-state index in [0.29, 0.717) is 5.69 Å². The van der Waals surface area contributed by atoms with Crippen LogP contribution in [0.15, 0.2) is 88.7 Å². The van der Waals surface area contributed by atoms with Gasteiger partial charge in [-0.3, -0.25) is 14.5 Å². The predicted molar refractivity (Wildman–Crippen MR) is 129 cm³/mol. The molecule has 0 bridgehead atoms. The molecule has 0 saturated heterocycles. The van der Waals surface area contributed by atoms with Crippen LogP contribution in [0.2, 0.25) is 0 Å². The summed E-state index contributed by atoms with van der Waals surface area (Å²) in [6.07, 6.45) is 0. The Balaban J connectivity index is 1.57. The van der Waals surface area contributed by atoms with Gasteiger partial charge in [-0.2, -0.15) is 0 Å². The molecular formula is C25H27N3O3S. The summed E-state index contributed by atoms with van der Waals surface area (Å²) in [5, 5.41) is 5.83. The normalized spacial score (nSPS) is 11.6. The van der Waals surface area contributed by atoms with E-state index in [0.717, 1.165) is 21.2 Å². The number of likely N-dealkylation sites (N-methyl/N-ethyl adjacent to an activating group) is 1. The molecule has 32 heavy (non-hydrogen) atoms. The van der Waals surface area contributed by atoms with E-state index in [1.165, 1.54) is 0 Å². The molecule has 0 aliphatic rings. The van der Waals surface area contributed by atoms with Gasteiger partial charge in [-0.15, -0.1) is 0 Å². The van der Waals surface area contributed by atoms with Crippen molar-refractivity contribution in [2.24, 2.45) is 0 Å². The third kappa shape index (κ3) is 6.60. The van der Waals surface area contributed by atoms with Crippen LogP contribution >= 0.6 is 11.8 Å². The number of para-hydroxylation sites is 1. The van der Waals surface area contributed by atoms with Crippen molar-refractivity contribution in [1.82, 2.24) is 4.90 Å². The van der Waals surface area contributed by atoms with Crippen molar-refractivity contribution in [3.63, 3.8) is 0 Å². The largest absolute Gasteiger partial charge is 0.497 e. The van der Waals surface area contributed by atoms with Gasteiger partial charge in [0.05, 0.1) is 25.4 Å². The fourth-order valence-corrected chi connectivity index (χ4v) is 3.87. The van der Waals surface area contributed by atoms with Gasteiger partial charge in [0, 0.05) is 15.5 Å². The van der Waals surface area contributed by atoms with Crippen LogP contribution in [-0.4, -0.2) is 43.5 Å². The lowest BCUT2D eigenvalue weighted by molar-refractivity contribution is -0.122. The Morgan fingerprint density at radius 3 is 2.28 bits per heavy atom. The van der Waals surface area contributed by atoms with Gasteiger partial charge in [0.15, 0.2) is 0 Å². The third-order valence-corrected chi connectivity index (χ3v) is 6.01. The molecule has 0 heterocycles. The first kappa shape index (κ1) is 23.4. The van der Waals surface area contributed by atoms with Crippen molar-refractivity contribution in [3.05, 3.63) is 78.9 Å². The number of rotatable bonds is 9. The zero-order valence-electron chi connectivity index (χ0n) is 18.4. The van der Waals surface area contributed by atoms with Crippen LogP contribution < -0.4 is 15.4 Å². The Labute approximate surface area is 193 Å². The maximum absolute atomic E-state index is 12.9. The highest BCUT2D eigenvalue weighted by atomic mass is 32.2. The van der Waals surface area contributed by atoms with E-state index in [9.17, 15) is 9.59 Å². The fourth-order valence-electron chi connectivity index (χ4n) is 2.95. The third-order valence-electron chi connectivity index (χ3n) is 4.92. The van der Waals surface area contributed by atoms with Crippen molar-refractivity contribution in [2.75, 3.05) is 31.3 Å². The Kier molecular flexibility index (Phi) is 8.30. The second-order valence-electron chi connectivity index (χ2n) is 7.27. The highest BCUT2D eigenvalue weighted by molar-refractivity contribution is 7.99. The standard InChI is InChI=1S/C25H27N3O3S/c1-18(28(2)17-24(29)26-19-13-15-20(31-3)16-14-19)25(30)27-22-11-7-8-12-23(22)32-21-9-5-4-6-10-21/h4-16,18H,17H2,1-3H3,(H,26,29)(H,27,30). The number of benzene rings is 3. The molecule has 0 radical (unpaired) electrons. The molecule has 0 fully saturated rings. The first-order chi connectivity index (χ1) is 15.5. The summed E-state index contributed by atoms with van der Waals surface area (Å²) in [7, 11) is 3.34. The number of anilines is 2. The summed E-state index contributed by atoms with van der Waals surface area (Å²) in [5.41, 5.74) is 1.42. The number of carbonyl (C=O) groups is 2. The minimum Gasteiger partial charge on any atom is -0.497 e. The summed E-state index contributed by atoms with van der Waals surface area (Å²) >= 11 is 1.59. The average Bonchev–Trinajstić information content (AvgIpc) is 2.81. The lowest BCUT2D eigenvalue weighted by Crippen LogP contribution is -2.43. The number of hydrogen-bond acceptors (Lipinski definition) is 5. The number of ether oxygens (including phenoxy) is 1. The zero-order valence-corrected chi connectivity index (χ0v) is 19.2. The summed E-state index contributed by atoms with van der Waals surface area (Å²) < 4.78 is 5.12. The summed E-state index contributed by atoms with van der Waals surface area (Å²) in [4.78, 5) is 29.0. The molecule has 2 amide bonds. The monoisotopic (exact) mass is 449 g/mol. The predicted octanol–water partition coefficient (Wildman–Crippen LogP) is 4.74. The highest BCUT2D eigenvalue weighted by Crippen LogP contribution is 2.33. The quantitative estimate of drug-likeness (QED) is 0.494. The van der Waals surface area contributed by atoms with E-state index in [-0.39, 0.29) is 18.4 Å². The van der Waals surface area contributed by atoms with E-state index in [4.69, 9.17) is 4.74 Å². The molecule has 2 N–H and O–H groups in total. The Morgan fingerprint density at radius 2 is 1.59 bits per heavy atom.